The van der Waals surface area contributed by atoms with Crippen molar-refractivity contribution in [2.75, 3.05) is 6.61 Å². The first-order valence-corrected chi connectivity index (χ1v) is 8.05. The van der Waals surface area contributed by atoms with Crippen LogP contribution in [0.15, 0.2) is 48.8 Å². The molecule has 0 saturated carbocycles. The SMILES string of the molecule is NC(=O)COc1ccc(Cl)cc1-c1nccn1-c1ccc2n[nH]nc2c1. The molecule has 130 valence electrons. The zero-order chi connectivity index (χ0) is 18.1. The number of fused-ring (bicyclic) bond motifs is 1. The van der Waals surface area contributed by atoms with Gasteiger partial charge in [-0.3, -0.25) is 9.36 Å². The predicted molar refractivity (Wildman–Crippen MR) is 96.1 cm³/mol. The number of aromatic nitrogens is 5. The number of hydrogen-bond donors (Lipinski definition) is 2. The number of hydrogen-bond acceptors (Lipinski definition) is 5. The van der Waals surface area contributed by atoms with Gasteiger partial charge >= 0.3 is 0 Å². The molecule has 0 aliphatic carbocycles. The summed E-state index contributed by atoms with van der Waals surface area (Å²) < 4.78 is 7.38. The summed E-state index contributed by atoms with van der Waals surface area (Å²) in [5.41, 5.74) is 8.17. The summed E-state index contributed by atoms with van der Waals surface area (Å²) in [5.74, 6) is 0.503. The summed E-state index contributed by atoms with van der Waals surface area (Å²) in [5, 5.41) is 11.3. The smallest absolute Gasteiger partial charge is 0.255 e. The molecule has 0 radical (unpaired) electrons. The number of imidazole rings is 1. The van der Waals surface area contributed by atoms with Gasteiger partial charge in [-0.25, -0.2) is 4.98 Å². The number of nitrogens with two attached hydrogens (primary N) is 1. The Labute approximate surface area is 152 Å². The highest BCUT2D eigenvalue weighted by Gasteiger charge is 2.15. The van der Waals surface area contributed by atoms with Gasteiger partial charge in [-0.2, -0.15) is 15.4 Å². The third-order valence-electron chi connectivity index (χ3n) is 3.77. The molecule has 2 heterocycles. The number of carbonyl (C=O) groups is 1. The largest absolute Gasteiger partial charge is 0.483 e. The van der Waals surface area contributed by atoms with Crippen molar-refractivity contribution in [3.8, 4) is 22.8 Å². The predicted octanol–water partition coefficient (Wildman–Crippen LogP) is 2.33. The van der Waals surface area contributed by atoms with Crippen molar-refractivity contribution in [2.45, 2.75) is 0 Å². The van der Waals surface area contributed by atoms with Crippen LogP contribution < -0.4 is 10.5 Å². The molecule has 0 unspecified atom stereocenters. The van der Waals surface area contributed by atoms with Gasteiger partial charge in [0.1, 0.15) is 22.6 Å². The van der Waals surface area contributed by atoms with Crippen molar-refractivity contribution in [3.05, 3.63) is 53.8 Å². The molecule has 9 heteroatoms. The summed E-state index contributed by atoms with van der Waals surface area (Å²) in [7, 11) is 0. The van der Waals surface area contributed by atoms with E-state index in [4.69, 9.17) is 22.1 Å². The minimum absolute atomic E-state index is 0.236. The van der Waals surface area contributed by atoms with Crippen molar-refractivity contribution in [1.29, 1.82) is 0 Å². The Bertz CT molecular complexity index is 1100. The minimum Gasteiger partial charge on any atom is -0.483 e. The molecule has 0 saturated heterocycles. The molecular weight excluding hydrogens is 356 g/mol. The van der Waals surface area contributed by atoms with Crippen LogP contribution in [-0.4, -0.2) is 37.5 Å². The fourth-order valence-electron chi connectivity index (χ4n) is 2.64. The highest BCUT2D eigenvalue weighted by Crippen LogP contribution is 2.33. The van der Waals surface area contributed by atoms with Gasteiger partial charge in [0.25, 0.3) is 5.91 Å². The first-order valence-electron chi connectivity index (χ1n) is 7.67. The van der Waals surface area contributed by atoms with Crippen molar-refractivity contribution in [3.63, 3.8) is 0 Å². The molecule has 4 aromatic rings. The maximum absolute atomic E-state index is 11.1. The van der Waals surface area contributed by atoms with E-state index in [2.05, 4.69) is 20.4 Å². The Hall–Kier alpha value is -3.39. The molecule has 0 atom stereocenters. The third kappa shape index (κ3) is 2.98. The first-order chi connectivity index (χ1) is 12.6. The number of carbonyl (C=O) groups excluding carboxylic acids is 1. The monoisotopic (exact) mass is 368 g/mol. The lowest BCUT2D eigenvalue weighted by Crippen LogP contribution is -2.20. The molecule has 2 aromatic heterocycles. The van der Waals surface area contributed by atoms with Crippen LogP contribution in [0.3, 0.4) is 0 Å². The Kier molecular flexibility index (Phi) is 4.02. The molecular formula is C17H13ClN6O2. The normalized spacial score (nSPS) is 11.0. The zero-order valence-corrected chi connectivity index (χ0v) is 14.1. The average Bonchev–Trinajstić information content (AvgIpc) is 3.28. The lowest BCUT2D eigenvalue weighted by atomic mass is 10.1. The second kappa shape index (κ2) is 6.49. The highest BCUT2D eigenvalue weighted by atomic mass is 35.5. The molecule has 8 nitrogen and oxygen atoms in total. The van der Waals surface area contributed by atoms with E-state index in [1.807, 2.05) is 29.0 Å². The molecule has 0 aliphatic rings. The fraction of sp³-hybridized carbons (Fsp3) is 0.0588. The quantitative estimate of drug-likeness (QED) is 0.561. The van der Waals surface area contributed by atoms with E-state index in [0.717, 1.165) is 16.7 Å². The minimum atomic E-state index is -0.564. The maximum atomic E-state index is 11.1. The van der Waals surface area contributed by atoms with Gasteiger partial charge < -0.3 is 10.5 Å². The highest BCUT2D eigenvalue weighted by molar-refractivity contribution is 6.30. The standard InChI is InChI=1S/C17H13ClN6O2/c18-10-1-4-15(26-9-16(19)25)12(7-10)17-20-5-6-24(17)11-2-3-13-14(8-11)22-23-21-13/h1-8H,9H2,(H2,19,25)(H,21,22,23). The number of primary amides is 1. The Morgan fingerprint density at radius 3 is 2.88 bits per heavy atom. The second-order valence-corrected chi connectivity index (χ2v) is 5.95. The van der Waals surface area contributed by atoms with Crippen LogP contribution in [0.4, 0.5) is 0 Å². The van der Waals surface area contributed by atoms with Crippen LogP contribution in [0.5, 0.6) is 5.75 Å². The van der Waals surface area contributed by atoms with E-state index in [9.17, 15) is 4.79 Å². The van der Waals surface area contributed by atoms with Crippen molar-refractivity contribution in [2.24, 2.45) is 5.73 Å². The number of H-pyrrole nitrogens is 1. The molecule has 3 N–H and O–H groups in total. The van der Waals surface area contributed by atoms with E-state index < -0.39 is 5.91 Å². The summed E-state index contributed by atoms with van der Waals surface area (Å²) in [6.07, 6.45) is 3.48. The fourth-order valence-corrected chi connectivity index (χ4v) is 2.81. The molecule has 26 heavy (non-hydrogen) atoms. The van der Waals surface area contributed by atoms with Gasteiger partial charge in [0.15, 0.2) is 6.61 Å². The van der Waals surface area contributed by atoms with Crippen molar-refractivity contribution >= 4 is 28.5 Å². The number of ether oxygens (including phenoxy) is 1. The molecule has 0 spiro atoms. The summed E-state index contributed by atoms with van der Waals surface area (Å²) in [6, 6.07) is 10.7. The van der Waals surface area contributed by atoms with Gasteiger partial charge in [0.05, 0.1) is 5.56 Å². The zero-order valence-electron chi connectivity index (χ0n) is 13.4. The Balaban J connectivity index is 1.81. The number of rotatable bonds is 5. The first kappa shape index (κ1) is 16.1. The van der Waals surface area contributed by atoms with Crippen LogP contribution in [0.25, 0.3) is 28.1 Å². The molecule has 1 amide bonds. The molecule has 0 fully saturated rings. The molecule has 0 aliphatic heterocycles. The number of halogens is 1. The van der Waals surface area contributed by atoms with E-state index in [1.165, 1.54) is 0 Å². The van der Waals surface area contributed by atoms with E-state index in [0.29, 0.717) is 22.2 Å². The van der Waals surface area contributed by atoms with Gasteiger partial charge in [-0.05, 0) is 36.4 Å². The number of amides is 1. The van der Waals surface area contributed by atoms with E-state index in [1.54, 1.807) is 24.4 Å². The number of nitrogens with zero attached hydrogens (tertiary/aromatic N) is 4. The van der Waals surface area contributed by atoms with Crippen LogP contribution in [0.1, 0.15) is 0 Å². The average molecular weight is 369 g/mol. The van der Waals surface area contributed by atoms with Crippen molar-refractivity contribution < 1.29 is 9.53 Å². The van der Waals surface area contributed by atoms with Gasteiger partial charge in [-0.1, -0.05) is 11.6 Å². The second-order valence-electron chi connectivity index (χ2n) is 5.51. The Morgan fingerprint density at radius 2 is 2.04 bits per heavy atom. The molecule has 2 aromatic carbocycles. The lowest BCUT2D eigenvalue weighted by molar-refractivity contribution is -0.119. The summed E-state index contributed by atoms with van der Waals surface area (Å²) >= 11 is 6.15. The van der Waals surface area contributed by atoms with Crippen LogP contribution in [0, 0.1) is 0 Å². The Morgan fingerprint density at radius 1 is 1.19 bits per heavy atom. The van der Waals surface area contributed by atoms with Crippen LogP contribution >= 0.6 is 11.6 Å². The number of aromatic amines is 1. The van der Waals surface area contributed by atoms with Gasteiger partial charge in [0, 0.05) is 23.1 Å². The molecule has 0 bridgehead atoms. The number of nitrogens with one attached hydrogen (secondary N) is 1. The van der Waals surface area contributed by atoms with E-state index >= 15 is 0 Å². The maximum Gasteiger partial charge on any atom is 0.255 e. The topological polar surface area (TPSA) is 112 Å². The van der Waals surface area contributed by atoms with Crippen LogP contribution in [0.2, 0.25) is 5.02 Å². The summed E-state index contributed by atoms with van der Waals surface area (Å²) in [6.45, 7) is -0.236. The molecule has 4 rings (SSSR count). The van der Waals surface area contributed by atoms with Crippen LogP contribution in [-0.2, 0) is 4.79 Å². The van der Waals surface area contributed by atoms with Gasteiger partial charge in [0.2, 0.25) is 0 Å². The van der Waals surface area contributed by atoms with E-state index in [-0.39, 0.29) is 6.61 Å². The third-order valence-corrected chi connectivity index (χ3v) is 4.01. The van der Waals surface area contributed by atoms with Gasteiger partial charge in [-0.15, -0.1) is 0 Å². The van der Waals surface area contributed by atoms with Crippen molar-refractivity contribution in [1.82, 2.24) is 25.0 Å². The number of benzene rings is 2. The lowest BCUT2D eigenvalue weighted by Gasteiger charge is -2.13. The summed E-state index contributed by atoms with van der Waals surface area (Å²) in [4.78, 5) is 15.5.